The molecular weight excluding hydrogens is 380 g/mol. The summed E-state index contributed by atoms with van der Waals surface area (Å²) in [6.45, 7) is 0. The van der Waals surface area contributed by atoms with Crippen LogP contribution in [0.4, 0.5) is 0 Å². The van der Waals surface area contributed by atoms with Crippen molar-refractivity contribution < 1.29 is 4.42 Å². The molecule has 3 aromatic rings. The summed E-state index contributed by atoms with van der Waals surface area (Å²) < 4.78 is 6.06. The maximum atomic E-state index is 5.29. The van der Waals surface area contributed by atoms with Crippen LogP contribution in [-0.4, -0.2) is 0 Å². The molecule has 1 unspecified atom stereocenters. The fraction of sp³-hybridized carbons (Fsp3) is 0.0588. The van der Waals surface area contributed by atoms with Crippen molar-refractivity contribution in [2.75, 3.05) is 0 Å². The fourth-order valence-electron chi connectivity index (χ4n) is 2.14. The average molecular weight is 392 g/mol. The summed E-state index contributed by atoms with van der Waals surface area (Å²) >= 11 is 7.13. The van der Waals surface area contributed by atoms with Crippen LogP contribution >= 0.6 is 31.9 Å². The summed E-state index contributed by atoms with van der Waals surface area (Å²) in [5, 5.41) is 0. The Hall–Kier alpha value is -1.32. The molecule has 1 atom stereocenters. The molecule has 20 heavy (non-hydrogen) atoms. The number of benzene rings is 2. The quantitative estimate of drug-likeness (QED) is 0.485. The normalized spacial score (nSPS) is 12.3. The first kappa shape index (κ1) is 13.7. The van der Waals surface area contributed by atoms with E-state index in [-0.39, 0.29) is 4.83 Å². The second-order valence-electron chi connectivity index (χ2n) is 4.50. The van der Waals surface area contributed by atoms with Gasteiger partial charge in [-0.15, -0.1) is 0 Å². The second-order valence-corrected chi connectivity index (χ2v) is 6.14. The third kappa shape index (κ3) is 2.74. The van der Waals surface area contributed by atoms with Crippen molar-refractivity contribution >= 4 is 31.9 Å². The van der Waals surface area contributed by atoms with Crippen molar-refractivity contribution in [2.45, 2.75) is 4.83 Å². The highest BCUT2D eigenvalue weighted by atomic mass is 79.9. The molecule has 0 aliphatic rings. The van der Waals surface area contributed by atoms with Gasteiger partial charge >= 0.3 is 0 Å². The minimum atomic E-state index is 0.125. The van der Waals surface area contributed by atoms with E-state index < -0.39 is 0 Å². The van der Waals surface area contributed by atoms with E-state index in [2.05, 4.69) is 80.4 Å². The van der Waals surface area contributed by atoms with Crippen LogP contribution in [0, 0.1) is 0 Å². The van der Waals surface area contributed by atoms with Gasteiger partial charge in [0.2, 0.25) is 0 Å². The molecule has 0 N–H and O–H groups in total. The van der Waals surface area contributed by atoms with Gasteiger partial charge in [-0.05, 0) is 38.7 Å². The highest BCUT2D eigenvalue weighted by molar-refractivity contribution is 9.10. The highest BCUT2D eigenvalue weighted by Gasteiger charge is 2.15. The molecule has 0 saturated heterocycles. The summed E-state index contributed by atoms with van der Waals surface area (Å²) in [6.07, 6.45) is 1.69. The first-order valence-corrected chi connectivity index (χ1v) is 7.99. The Morgan fingerprint density at radius 1 is 0.800 bits per heavy atom. The first-order chi connectivity index (χ1) is 9.75. The molecule has 0 amide bonds. The van der Waals surface area contributed by atoms with E-state index in [9.17, 15) is 0 Å². The van der Waals surface area contributed by atoms with Crippen LogP contribution in [0.2, 0.25) is 0 Å². The summed E-state index contributed by atoms with van der Waals surface area (Å²) in [5.41, 5.74) is 4.75. The molecule has 0 saturated carbocycles. The molecule has 100 valence electrons. The lowest BCUT2D eigenvalue weighted by molar-refractivity contribution is 0.537. The average Bonchev–Trinajstić information content (AvgIpc) is 2.94. The van der Waals surface area contributed by atoms with Crippen LogP contribution in [0.15, 0.2) is 76.0 Å². The minimum Gasteiger partial charge on any atom is -0.457 e. The van der Waals surface area contributed by atoms with E-state index in [1.54, 1.807) is 6.26 Å². The third-order valence-electron chi connectivity index (χ3n) is 3.23. The van der Waals surface area contributed by atoms with Crippen molar-refractivity contribution in [3.63, 3.8) is 0 Å². The fourth-order valence-corrected chi connectivity index (χ4v) is 3.58. The van der Waals surface area contributed by atoms with Crippen molar-refractivity contribution in [3.8, 4) is 11.1 Å². The Balaban J connectivity index is 1.89. The second kappa shape index (κ2) is 5.98. The minimum absolute atomic E-state index is 0.125. The zero-order valence-electron chi connectivity index (χ0n) is 10.6. The van der Waals surface area contributed by atoms with Crippen molar-refractivity contribution in [1.82, 2.24) is 0 Å². The van der Waals surface area contributed by atoms with Crippen LogP contribution in [-0.2, 0) is 0 Å². The van der Waals surface area contributed by atoms with E-state index in [0.29, 0.717) is 0 Å². The number of alkyl halides is 1. The smallest absolute Gasteiger partial charge is 0.173 e. The van der Waals surface area contributed by atoms with Gasteiger partial charge in [0, 0.05) is 5.56 Å². The largest absolute Gasteiger partial charge is 0.457 e. The van der Waals surface area contributed by atoms with E-state index in [1.807, 2.05) is 12.1 Å². The van der Waals surface area contributed by atoms with E-state index in [4.69, 9.17) is 4.42 Å². The van der Waals surface area contributed by atoms with Gasteiger partial charge in [-0.2, -0.15) is 0 Å². The van der Waals surface area contributed by atoms with Crippen LogP contribution in [0.5, 0.6) is 0 Å². The molecule has 0 bridgehead atoms. The number of hydrogen-bond donors (Lipinski definition) is 0. The zero-order chi connectivity index (χ0) is 13.9. The van der Waals surface area contributed by atoms with E-state index >= 15 is 0 Å². The first-order valence-electron chi connectivity index (χ1n) is 6.28. The van der Waals surface area contributed by atoms with Crippen LogP contribution in [0.3, 0.4) is 0 Å². The van der Waals surface area contributed by atoms with Crippen LogP contribution in [0.1, 0.15) is 16.0 Å². The molecule has 0 aliphatic carbocycles. The Labute approximate surface area is 134 Å². The predicted octanol–water partition coefficient (Wildman–Crippen LogP) is 6.19. The van der Waals surface area contributed by atoms with Gasteiger partial charge < -0.3 is 4.42 Å². The van der Waals surface area contributed by atoms with Gasteiger partial charge in [-0.25, -0.2) is 0 Å². The van der Waals surface area contributed by atoms with Gasteiger partial charge in [0.25, 0.3) is 0 Å². The monoisotopic (exact) mass is 390 g/mol. The summed E-state index contributed by atoms with van der Waals surface area (Å²) in [7, 11) is 0. The van der Waals surface area contributed by atoms with Crippen molar-refractivity contribution in [1.29, 1.82) is 0 Å². The van der Waals surface area contributed by atoms with Crippen LogP contribution in [0.25, 0.3) is 11.1 Å². The van der Waals surface area contributed by atoms with Crippen molar-refractivity contribution in [3.05, 3.63) is 82.7 Å². The maximum Gasteiger partial charge on any atom is 0.173 e. The molecule has 3 heteroatoms. The standard InChI is InChI=1S/C17H12Br2O/c18-16(15-10-11-20-17(15)19)14-8-6-13(7-9-14)12-4-2-1-3-5-12/h1-11,16H. The van der Waals surface area contributed by atoms with Gasteiger partial charge in [0.05, 0.1) is 11.1 Å². The molecule has 3 rings (SSSR count). The third-order valence-corrected chi connectivity index (χ3v) is 4.90. The Kier molecular flexibility index (Phi) is 4.08. The summed E-state index contributed by atoms with van der Waals surface area (Å²) in [4.78, 5) is 0.125. The van der Waals surface area contributed by atoms with Crippen molar-refractivity contribution in [2.24, 2.45) is 0 Å². The highest BCUT2D eigenvalue weighted by Crippen LogP contribution is 2.36. The Bertz CT molecular complexity index is 687. The molecule has 2 aromatic carbocycles. The van der Waals surface area contributed by atoms with Gasteiger partial charge in [-0.3, -0.25) is 0 Å². The number of furan rings is 1. The lowest BCUT2D eigenvalue weighted by atomic mass is 10.0. The molecule has 0 aliphatic heterocycles. The lowest BCUT2D eigenvalue weighted by Crippen LogP contribution is -1.91. The Morgan fingerprint density at radius 2 is 1.45 bits per heavy atom. The number of rotatable bonds is 3. The maximum absolute atomic E-state index is 5.29. The molecule has 1 heterocycles. The summed E-state index contributed by atoms with van der Waals surface area (Å²) in [6, 6.07) is 20.9. The molecule has 0 fully saturated rings. The molecule has 0 radical (unpaired) electrons. The summed E-state index contributed by atoms with van der Waals surface area (Å²) in [5.74, 6) is 0. The number of hydrogen-bond acceptors (Lipinski definition) is 1. The zero-order valence-corrected chi connectivity index (χ0v) is 13.8. The van der Waals surface area contributed by atoms with Crippen LogP contribution < -0.4 is 0 Å². The topological polar surface area (TPSA) is 13.1 Å². The molecule has 0 spiro atoms. The Morgan fingerprint density at radius 3 is 2.05 bits per heavy atom. The molecular formula is C17H12Br2O. The molecule has 1 aromatic heterocycles. The predicted molar refractivity (Wildman–Crippen MR) is 89.1 cm³/mol. The van der Waals surface area contributed by atoms with E-state index in [1.165, 1.54) is 16.7 Å². The lowest BCUT2D eigenvalue weighted by Gasteiger charge is -2.10. The SMILES string of the molecule is Brc1occc1C(Br)c1ccc(-c2ccccc2)cc1. The van der Waals surface area contributed by atoms with E-state index in [0.717, 1.165) is 10.2 Å². The van der Waals surface area contributed by atoms with Gasteiger partial charge in [0.1, 0.15) is 0 Å². The number of halogens is 2. The molecule has 1 nitrogen and oxygen atoms in total. The van der Waals surface area contributed by atoms with Gasteiger partial charge in [-0.1, -0.05) is 70.5 Å². The van der Waals surface area contributed by atoms with Gasteiger partial charge in [0.15, 0.2) is 4.67 Å².